The average molecular weight is 279 g/mol. The molecule has 0 aromatic heterocycles. The fraction of sp³-hybridized carbons (Fsp3) is 0.143. The lowest BCUT2D eigenvalue weighted by Crippen LogP contribution is -2.15. The maximum Gasteiger partial charge on any atom is 0.180 e. The third-order valence-electron chi connectivity index (χ3n) is 2.63. The zero-order valence-corrected chi connectivity index (χ0v) is 11.0. The molecule has 0 spiro atoms. The molecule has 0 atom stereocenters. The van der Waals surface area contributed by atoms with E-state index in [1.54, 1.807) is 42.5 Å². The van der Waals surface area contributed by atoms with Gasteiger partial charge in [0.15, 0.2) is 9.84 Å². The van der Waals surface area contributed by atoms with E-state index < -0.39 is 9.84 Å². The van der Waals surface area contributed by atoms with E-state index in [-0.39, 0.29) is 18.1 Å². The summed E-state index contributed by atoms with van der Waals surface area (Å²) >= 11 is 0. The van der Waals surface area contributed by atoms with Gasteiger partial charge in [-0.3, -0.25) is 0 Å². The van der Waals surface area contributed by atoms with E-state index in [0.717, 1.165) is 0 Å². The van der Waals surface area contributed by atoms with Crippen molar-refractivity contribution in [1.29, 1.82) is 0 Å². The van der Waals surface area contributed by atoms with Crippen molar-refractivity contribution in [3.05, 3.63) is 60.4 Å². The van der Waals surface area contributed by atoms with E-state index in [4.69, 9.17) is 0 Å². The van der Waals surface area contributed by atoms with Crippen LogP contribution < -0.4 is 5.32 Å². The predicted octanol–water partition coefficient (Wildman–Crippen LogP) is 2.71. The number of rotatable bonds is 5. The second-order valence-corrected chi connectivity index (χ2v) is 6.18. The van der Waals surface area contributed by atoms with Crippen LogP contribution in [0.15, 0.2) is 59.5 Å². The summed E-state index contributed by atoms with van der Waals surface area (Å²) < 4.78 is 36.9. The zero-order valence-electron chi connectivity index (χ0n) is 10.2. The fourth-order valence-electron chi connectivity index (χ4n) is 1.67. The van der Waals surface area contributed by atoms with Crippen LogP contribution in [0.25, 0.3) is 0 Å². The van der Waals surface area contributed by atoms with E-state index in [1.165, 1.54) is 12.1 Å². The Morgan fingerprint density at radius 3 is 2.42 bits per heavy atom. The Balaban J connectivity index is 1.96. The molecule has 2 aromatic rings. The van der Waals surface area contributed by atoms with Crippen molar-refractivity contribution >= 4 is 15.5 Å². The Kier molecular flexibility index (Phi) is 4.16. The molecule has 0 saturated carbocycles. The highest BCUT2D eigenvalue weighted by atomic mass is 32.2. The molecule has 0 aliphatic heterocycles. The molecule has 3 nitrogen and oxygen atoms in total. The molecular weight excluding hydrogens is 265 g/mol. The standard InChI is InChI=1S/C14H14FNO2S/c15-12-5-4-6-13(11-12)16-9-10-19(17,18)14-7-2-1-3-8-14/h1-8,11,16H,9-10H2. The van der Waals surface area contributed by atoms with Crippen LogP contribution in [0.5, 0.6) is 0 Å². The van der Waals surface area contributed by atoms with Crippen molar-refractivity contribution in [2.45, 2.75) is 4.90 Å². The van der Waals surface area contributed by atoms with E-state index in [9.17, 15) is 12.8 Å². The van der Waals surface area contributed by atoms with Crippen molar-refractivity contribution < 1.29 is 12.8 Å². The largest absolute Gasteiger partial charge is 0.384 e. The normalized spacial score (nSPS) is 11.2. The van der Waals surface area contributed by atoms with Crippen LogP contribution in [0, 0.1) is 5.82 Å². The van der Waals surface area contributed by atoms with Gasteiger partial charge in [0.25, 0.3) is 0 Å². The van der Waals surface area contributed by atoms with Crippen LogP contribution in [0.3, 0.4) is 0 Å². The first-order chi connectivity index (χ1) is 9.08. The van der Waals surface area contributed by atoms with Crippen molar-refractivity contribution in [2.24, 2.45) is 0 Å². The first kappa shape index (κ1) is 13.5. The minimum absolute atomic E-state index is 0.0342. The number of benzene rings is 2. The Bertz CT molecular complexity index is 642. The molecule has 100 valence electrons. The summed E-state index contributed by atoms with van der Waals surface area (Å²) in [6, 6.07) is 14.2. The van der Waals surface area contributed by atoms with Crippen molar-refractivity contribution in [1.82, 2.24) is 0 Å². The maximum atomic E-state index is 12.9. The topological polar surface area (TPSA) is 46.2 Å². The minimum Gasteiger partial charge on any atom is -0.384 e. The number of anilines is 1. The summed E-state index contributed by atoms with van der Waals surface area (Å²) in [5, 5.41) is 2.89. The number of hydrogen-bond donors (Lipinski definition) is 1. The lowest BCUT2D eigenvalue weighted by atomic mass is 10.3. The highest BCUT2D eigenvalue weighted by molar-refractivity contribution is 7.91. The molecule has 0 saturated heterocycles. The van der Waals surface area contributed by atoms with E-state index in [0.29, 0.717) is 10.6 Å². The second kappa shape index (κ2) is 5.84. The summed E-state index contributed by atoms with van der Waals surface area (Å²) in [6.45, 7) is 0.237. The molecule has 19 heavy (non-hydrogen) atoms. The van der Waals surface area contributed by atoms with Gasteiger partial charge >= 0.3 is 0 Å². The summed E-state index contributed by atoms with van der Waals surface area (Å²) in [5.74, 6) is -0.385. The third-order valence-corrected chi connectivity index (χ3v) is 4.36. The van der Waals surface area contributed by atoms with Gasteiger partial charge in [0.1, 0.15) is 5.82 Å². The minimum atomic E-state index is -3.30. The molecule has 0 fully saturated rings. The quantitative estimate of drug-likeness (QED) is 0.915. The first-order valence-corrected chi connectivity index (χ1v) is 7.50. The highest BCUT2D eigenvalue weighted by Gasteiger charge is 2.12. The molecule has 5 heteroatoms. The lowest BCUT2D eigenvalue weighted by Gasteiger charge is -2.07. The maximum absolute atomic E-state index is 12.9. The molecule has 0 radical (unpaired) electrons. The van der Waals surface area contributed by atoms with Gasteiger partial charge in [0.05, 0.1) is 10.6 Å². The van der Waals surface area contributed by atoms with Crippen LogP contribution >= 0.6 is 0 Å². The van der Waals surface area contributed by atoms with Gasteiger partial charge in [-0.15, -0.1) is 0 Å². The fourth-order valence-corrected chi connectivity index (χ4v) is 2.85. The van der Waals surface area contributed by atoms with Gasteiger partial charge < -0.3 is 5.32 Å². The Hall–Kier alpha value is -1.88. The number of halogens is 1. The van der Waals surface area contributed by atoms with E-state index in [2.05, 4.69) is 5.32 Å². The highest BCUT2D eigenvalue weighted by Crippen LogP contribution is 2.12. The van der Waals surface area contributed by atoms with Crippen LogP contribution in [-0.4, -0.2) is 20.7 Å². The molecule has 0 amide bonds. The van der Waals surface area contributed by atoms with Crippen LogP contribution in [-0.2, 0) is 9.84 Å². The second-order valence-electron chi connectivity index (χ2n) is 4.07. The van der Waals surface area contributed by atoms with E-state index >= 15 is 0 Å². The van der Waals surface area contributed by atoms with Crippen LogP contribution in [0.2, 0.25) is 0 Å². The predicted molar refractivity (Wildman–Crippen MR) is 73.4 cm³/mol. The van der Waals surface area contributed by atoms with Crippen molar-refractivity contribution in [2.75, 3.05) is 17.6 Å². The Morgan fingerprint density at radius 2 is 1.74 bits per heavy atom. The summed E-state index contributed by atoms with van der Waals surface area (Å²) in [6.07, 6.45) is 0. The smallest absolute Gasteiger partial charge is 0.180 e. The summed E-state index contributed by atoms with van der Waals surface area (Å²) in [5.41, 5.74) is 0.572. The van der Waals surface area contributed by atoms with Gasteiger partial charge in [-0.25, -0.2) is 12.8 Å². The van der Waals surface area contributed by atoms with Gasteiger partial charge in [0, 0.05) is 12.2 Å². The van der Waals surface area contributed by atoms with Crippen LogP contribution in [0.4, 0.5) is 10.1 Å². The van der Waals surface area contributed by atoms with Crippen molar-refractivity contribution in [3.63, 3.8) is 0 Å². The first-order valence-electron chi connectivity index (χ1n) is 5.85. The van der Waals surface area contributed by atoms with Gasteiger partial charge in [-0.05, 0) is 30.3 Å². The molecule has 0 aliphatic carbocycles. The third kappa shape index (κ3) is 3.79. The van der Waals surface area contributed by atoms with Gasteiger partial charge in [0.2, 0.25) is 0 Å². The van der Waals surface area contributed by atoms with Crippen LogP contribution in [0.1, 0.15) is 0 Å². The number of sulfone groups is 1. The number of nitrogens with one attached hydrogen (secondary N) is 1. The van der Waals surface area contributed by atoms with Gasteiger partial charge in [-0.1, -0.05) is 24.3 Å². The Morgan fingerprint density at radius 1 is 1.00 bits per heavy atom. The Labute approximate surface area is 112 Å². The molecule has 0 bridgehead atoms. The zero-order chi connectivity index (χ0) is 13.7. The summed E-state index contributed by atoms with van der Waals surface area (Å²) in [4.78, 5) is 0.302. The van der Waals surface area contributed by atoms with Gasteiger partial charge in [-0.2, -0.15) is 0 Å². The van der Waals surface area contributed by atoms with E-state index in [1.807, 2.05) is 0 Å². The molecule has 1 N–H and O–H groups in total. The summed E-state index contributed by atoms with van der Waals surface area (Å²) in [7, 11) is -3.30. The molecule has 0 aliphatic rings. The molecule has 2 rings (SSSR count). The SMILES string of the molecule is O=S(=O)(CCNc1cccc(F)c1)c1ccccc1. The lowest BCUT2D eigenvalue weighted by molar-refractivity contribution is 0.596. The molecule has 0 unspecified atom stereocenters. The number of hydrogen-bond acceptors (Lipinski definition) is 3. The average Bonchev–Trinajstić information content (AvgIpc) is 2.40. The van der Waals surface area contributed by atoms with Crippen molar-refractivity contribution in [3.8, 4) is 0 Å². The monoisotopic (exact) mass is 279 g/mol. The molecular formula is C14H14FNO2S. The molecule has 0 heterocycles. The molecule has 2 aromatic carbocycles.